The molecule has 0 radical (unpaired) electrons. The molecule has 0 saturated heterocycles. The number of hydrogen-bond donors (Lipinski definition) is 1. The van der Waals surface area contributed by atoms with E-state index in [-0.39, 0.29) is 24.4 Å². The van der Waals surface area contributed by atoms with Gasteiger partial charge in [0.15, 0.2) is 5.82 Å². The normalized spacial score (nSPS) is 13.0. The molecule has 2 amide bonds. The van der Waals surface area contributed by atoms with Crippen LogP contribution in [-0.2, 0) is 14.3 Å². The van der Waals surface area contributed by atoms with Crippen molar-refractivity contribution in [1.29, 1.82) is 0 Å². The van der Waals surface area contributed by atoms with Gasteiger partial charge < -0.3 is 10.1 Å². The number of aryl methyl sites for hydroxylation is 1. The second-order valence-corrected chi connectivity index (χ2v) is 7.51. The molecule has 0 aliphatic carbocycles. The molecule has 166 valence electrons. The summed E-state index contributed by atoms with van der Waals surface area (Å²) in [6, 6.07) is 17.8. The minimum absolute atomic E-state index is 0.0193. The van der Waals surface area contributed by atoms with Crippen molar-refractivity contribution >= 4 is 40.7 Å². The van der Waals surface area contributed by atoms with Gasteiger partial charge in [0.2, 0.25) is 11.8 Å². The summed E-state index contributed by atoms with van der Waals surface area (Å²) in [5, 5.41) is 2.70. The molecule has 8 nitrogen and oxygen atoms in total. The van der Waals surface area contributed by atoms with Gasteiger partial charge >= 0.3 is 5.97 Å². The van der Waals surface area contributed by atoms with Gasteiger partial charge in [0.1, 0.15) is 12.2 Å². The van der Waals surface area contributed by atoms with Crippen LogP contribution >= 0.6 is 0 Å². The van der Waals surface area contributed by atoms with Gasteiger partial charge in [0, 0.05) is 6.20 Å². The number of rotatable bonds is 5. The number of anilines is 2. The Morgan fingerprint density at radius 2 is 1.82 bits per heavy atom. The number of methoxy groups -OCH3 is 1. The van der Waals surface area contributed by atoms with Crippen molar-refractivity contribution in [3.05, 3.63) is 83.6 Å². The van der Waals surface area contributed by atoms with Crippen LogP contribution in [0.3, 0.4) is 0 Å². The first-order valence-corrected chi connectivity index (χ1v) is 10.3. The molecule has 1 aromatic heterocycles. The number of nitrogens with one attached hydrogen (secondary N) is 1. The third-order valence-corrected chi connectivity index (χ3v) is 5.19. The number of benzene rings is 2. The van der Waals surface area contributed by atoms with E-state index in [2.05, 4.69) is 15.3 Å². The number of carbonyl (C=O) groups excluding carboxylic acids is 3. The zero-order chi connectivity index (χ0) is 23.4. The first-order valence-electron chi connectivity index (χ1n) is 10.3. The molecule has 8 heteroatoms. The molecule has 0 atom stereocenters. The lowest BCUT2D eigenvalue weighted by Crippen LogP contribution is -2.39. The molecule has 1 N–H and O–H groups in total. The predicted molar refractivity (Wildman–Crippen MR) is 125 cm³/mol. The quantitative estimate of drug-likeness (QED) is 0.608. The van der Waals surface area contributed by atoms with Gasteiger partial charge in [-0.2, -0.15) is 0 Å². The number of amides is 2. The molecule has 0 saturated carbocycles. The van der Waals surface area contributed by atoms with Crippen molar-refractivity contribution in [2.75, 3.05) is 23.9 Å². The summed E-state index contributed by atoms with van der Waals surface area (Å²) in [5.41, 5.74) is 3.57. The van der Waals surface area contributed by atoms with E-state index in [1.165, 1.54) is 12.0 Å². The van der Waals surface area contributed by atoms with Crippen LogP contribution in [0.15, 0.2) is 71.9 Å². The number of aliphatic imine (C=N–C) groups is 1. The Morgan fingerprint density at radius 1 is 1.06 bits per heavy atom. The second-order valence-electron chi connectivity index (χ2n) is 7.51. The van der Waals surface area contributed by atoms with E-state index in [9.17, 15) is 14.4 Å². The van der Waals surface area contributed by atoms with Crippen LogP contribution < -0.4 is 10.2 Å². The summed E-state index contributed by atoms with van der Waals surface area (Å²) in [6.45, 7) is 1.71. The number of pyridine rings is 1. The highest BCUT2D eigenvalue weighted by molar-refractivity contribution is 6.18. The van der Waals surface area contributed by atoms with Crippen LogP contribution in [0.2, 0.25) is 0 Å². The maximum atomic E-state index is 13.2. The molecule has 2 aromatic carbocycles. The first-order chi connectivity index (χ1) is 16.0. The molecule has 1 aliphatic heterocycles. The van der Waals surface area contributed by atoms with Gasteiger partial charge in [-0.3, -0.25) is 14.5 Å². The van der Waals surface area contributed by atoms with Crippen LogP contribution in [0, 0.1) is 6.92 Å². The van der Waals surface area contributed by atoms with E-state index < -0.39 is 11.9 Å². The van der Waals surface area contributed by atoms with Gasteiger partial charge in [-0.05, 0) is 36.8 Å². The number of hydrogen-bond acceptors (Lipinski definition) is 6. The number of fused-ring (bicyclic) bond motifs is 1. The summed E-state index contributed by atoms with van der Waals surface area (Å²) in [4.78, 5) is 48.4. The molecule has 0 fully saturated rings. The minimum Gasteiger partial charge on any atom is -0.465 e. The fourth-order valence-electron chi connectivity index (χ4n) is 3.51. The predicted octanol–water partition coefficient (Wildman–Crippen LogP) is 3.67. The van der Waals surface area contributed by atoms with E-state index in [0.717, 1.165) is 11.1 Å². The largest absolute Gasteiger partial charge is 0.465 e. The fourth-order valence-corrected chi connectivity index (χ4v) is 3.51. The minimum atomic E-state index is -0.570. The van der Waals surface area contributed by atoms with Crippen LogP contribution in [0.1, 0.15) is 27.9 Å². The van der Waals surface area contributed by atoms with Crippen molar-refractivity contribution < 1.29 is 19.1 Å². The summed E-state index contributed by atoms with van der Waals surface area (Å²) < 4.78 is 4.77. The van der Waals surface area contributed by atoms with Gasteiger partial charge in [-0.25, -0.2) is 14.8 Å². The van der Waals surface area contributed by atoms with Gasteiger partial charge in [-0.15, -0.1) is 0 Å². The van der Waals surface area contributed by atoms with Crippen molar-refractivity contribution in [3.8, 4) is 0 Å². The van der Waals surface area contributed by atoms with Crippen LogP contribution in [0.5, 0.6) is 0 Å². The third kappa shape index (κ3) is 4.79. The monoisotopic (exact) mass is 442 g/mol. The number of nitrogens with zero attached hydrogens (tertiary/aromatic N) is 3. The molecule has 0 spiro atoms. The summed E-state index contributed by atoms with van der Waals surface area (Å²) in [6.07, 6.45) is 1.57. The lowest BCUT2D eigenvalue weighted by Gasteiger charge is -2.21. The average molecular weight is 442 g/mol. The standard InChI is InChI=1S/C25H22N4O4/c1-16-9-11-17(12-10-16)21-14-23(31)29(24-20(27-21)8-5-13-26-24)15-22(30)28-19-7-4-3-6-18(19)25(32)33-2/h3-13H,14-15H2,1-2H3,(H,28,30). The smallest absolute Gasteiger partial charge is 0.339 e. The van der Waals surface area contributed by atoms with Crippen LogP contribution in [-0.4, -0.2) is 42.1 Å². The topological polar surface area (TPSA) is 101 Å². The van der Waals surface area contributed by atoms with Crippen molar-refractivity contribution in [1.82, 2.24) is 4.98 Å². The Bertz CT molecular complexity index is 1250. The van der Waals surface area contributed by atoms with Gasteiger partial charge in [0.25, 0.3) is 0 Å². The number of ether oxygens (including phenoxy) is 1. The van der Waals surface area contributed by atoms with Gasteiger partial charge in [0.05, 0.1) is 30.5 Å². The van der Waals surface area contributed by atoms with E-state index in [1.807, 2.05) is 31.2 Å². The molecule has 0 unspecified atom stereocenters. The number of para-hydroxylation sites is 1. The van der Waals surface area contributed by atoms with Crippen molar-refractivity contribution in [3.63, 3.8) is 0 Å². The Labute approximate surface area is 190 Å². The number of carbonyl (C=O) groups is 3. The van der Waals surface area contributed by atoms with Crippen LogP contribution in [0.4, 0.5) is 17.2 Å². The molecular formula is C25H22N4O4. The van der Waals surface area contributed by atoms with E-state index >= 15 is 0 Å². The Balaban J connectivity index is 1.60. The lowest BCUT2D eigenvalue weighted by atomic mass is 10.1. The van der Waals surface area contributed by atoms with Crippen molar-refractivity contribution in [2.24, 2.45) is 4.99 Å². The SMILES string of the molecule is COC(=O)c1ccccc1NC(=O)CN1C(=O)CC(c2ccc(C)cc2)=Nc2cccnc21. The Morgan fingerprint density at radius 3 is 2.58 bits per heavy atom. The number of aromatic nitrogens is 1. The molecule has 0 bridgehead atoms. The summed E-state index contributed by atoms with van der Waals surface area (Å²) in [7, 11) is 1.27. The van der Waals surface area contributed by atoms with Gasteiger partial charge in [-0.1, -0.05) is 42.0 Å². The molecule has 2 heterocycles. The molecule has 1 aliphatic rings. The maximum Gasteiger partial charge on any atom is 0.339 e. The highest BCUT2D eigenvalue weighted by Gasteiger charge is 2.28. The molecule has 3 aromatic rings. The zero-order valence-electron chi connectivity index (χ0n) is 18.2. The molecule has 4 rings (SSSR count). The first kappa shape index (κ1) is 21.9. The molecule has 33 heavy (non-hydrogen) atoms. The van der Waals surface area contributed by atoms with Crippen LogP contribution in [0.25, 0.3) is 0 Å². The number of esters is 1. The molecular weight excluding hydrogens is 420 g/mol. The zero-order valence-corrected chi connectivity index (χ0v) is 18.2. The summed E-state index contributed by atoms with van der Waals surface area (Å²) >= 11 is 0. The fraction of sp³-hybridized carbons (Fsp3) is 0.160. The highest BCUT2D eigenvalue weighted by Crippen LogP contribution is 2.31. The van der Waals surface area contributed by atoms with E-state index in [0.29, 0.717) is 22.9 Å². The third-order valence-electron chi connectivity index (χ3n) is 5.19. The average Bonchev–Trinajstić information content (AvgIpc) is 2.96. The van der Waals surface area contributed by atoms with E-state index in [1.54, 1.807) is 42.6 Å². The lowest BCUT2D eigenvalue weighted by molar-refractivity contribution is -0.120. The summed E-state index contributed by atoms with van der Waals surface area (Å²) in [5.74, 6) is -1.04. The second kappa shape index (κ2) is 9.44. The van der Waals surface area contributed by atoms with Crippen molar-refractivity contribution in [2.45, 2.75) is 13.3 Å². The highest BCUT2D eigenvalue weighted by atomic mass is 16.5. The maximum absolute atomic E-state index is 13.2. The Kier molecular flexibility index (Phi) is 6.26. The van der Waals surface area contributed by atoms with E-state index in [4.69, 9.17) is 4.74 Å². The Hall–Kier alpha value is -4.33.